The third-order valence-corrected chi connectivity index (χ3v) is 4.36. The molecule has 0 fully saturated rings. The number of aryl methyl sites for hydroxylation is 1. The van der Waals surface area contributed by atoms with E-state index in [0.717, 1.165) is 16.9 Å². The molecule has 0 aromatic heterocycles. The average Bonchev–Trinajstić information content (AvgIpc) is 2.62. The molecule has 2 aromatic carbocycles. The Balaban J connectivity index is 1.82. The number of nitrogens with one attached hydrogen (secondary N) is 1. The fourth-order valence-electron chi connectivity index (χ4n) is 2.92. The summed E-state index contributed by atoms with van der Waals surface area (Å²) in [5, 5.41) is 12.8. The Labute approximate surface area is 141 Å². The second-order valence-electron chi connectivity index (χ2n) is 6.15. The van der Waals surface area contributed by atoms with Crippen LogP contribution < -0.4 is 14.8 Å². The molecule has 0 radical (unpaired) electrons. The van der Waals surface area contributed by atoms with Crippen LogP contribution in [0.25, 0.3) is 0 Å². The summed E-state index contributed by atoms with van der Waals surface area (Å²) in [6.45, 7) is 1.95. The van der Waals surface area contributed by atoms with Gasteiger partial charge in [-0.05, 0) is 36.2 Å². The summed E-state index contributed by atoms with van der Waals surface area (Å²) in [6.07, 6.45) is 0.522. The van der Waals surface area contributed by atoms with Crippen LogP contribution in [0.3, 0.4) is 0 Å². The van der Waals surface area contributed by atoms with Crippen molar-refractivity contribution in [1.29, 1.82) is 0 Å². The van der Waals surface area contributed by atoms with Gasteiger partial charge in [0.25, 0.3) is 5.91 Å². The summed E-state index contributed by atoms with van der Waals surface area (Å²) >= 11 is 0. The number of aliphatic hydroxyl groups is 1. The maximum Gasteiger partial charge on any atom is 0.252 e. The van der Waals surface area contributed by atoms with Crippen LogP contribution >= 0.6 is 0 Å². The molecule has 1 atom stereocenters. The second-order valence-corrected chi connectivity index (χ2v) is 6.15. The van der Waals surface area contributed by atoms with E-state index in [9.17, 15) is 9.90 Å². The third kappa shape index (κ3) is 3.08. The van der Waals surface area contributed by atoms with Crippen molar-refractivity contribution in [2.24, 2.45) is 0 Å². The van der Waals surface area contributed by atoms with Gasteiger partial charge in [-0.2, -0.15) is 0 Å². The lowest BCUT2D eigenvalue weighted by molar-refractivity contribution is 0.0653. The molecule has 1 unspecified atom stereocenters. The predicted molar refractivity (Wildman–Crippen MR) is 90.7 cm³/mol. The molecule has 24 heavy (non-hydrogen) atoms. The first-order valence-electron chi connectivity index (χ1n) is 7.86. The van der Waals surface area contributed by atoms with Crippen LogP contribution in [0.5, 0.6) is 11.5 Å². The zero-order valence-electron chi connectivity index (χ0n) is 13.8. The van der Waals surface area contributed by atoms with Crippen LogP contribution in [0.15, 0.2) is 42.5 Å². The average molecular weight is 327 g/mol. The van der Waals surface area contributed by atoms with E-state index in [2.05, 4.69) is 5.32 Å². The number of hydrogen-bond acceptors (Lipinski definition) is 4. The van der Waals surface area contributed by atoms with Gasteiger partial charge in [0, 0.05) is 12.0 Å². The minimum absolute atomic E-state index is 0.198. The van der Waals surface area contributed by atoms with Crippen molar-refractivity contribution in [3.63, 3.8) is 0 Å². The van der Waals surface area contributed by atoms with Gasteiger partial charge in [-0.15, -0.1) is 0 Å². The highest BCUT2D eigenvalue weighted by molar-refractivity contribution is 5.95. The summed E-state index contributed by atoms with van der Waals surface area (Å²) in [6, 6.07) is 12.9. The molecule has 0 saturated heterocycles. The molecule has 1 aliphatic rings. The molecule has 3 rings (SSSR count). The van der Waals surface area contributed by atoms with Crippen molar-refractivity contribution < 1.29 is 19.4 Å². The maximum atomic E-state index is 12.6. The summed E-state index contributed by atoms with van der Waals surface area (Å²) < 4.78 is 11.0. The third-order valence-electron chi connectivity index (χ3n) is 4.36. The van der Waals surface area contributed by atoms with Gasteiger partial charge in [-0.25, -0.2) is 0 Å². The number of aliphatic hydroxyl groups excluding tert-OH is 1. The minimum atomic E-state index is -0.830. The summed E-state index contributed by atoms with van der Waals surface area (Å²) in [7, 11) is 1.57. The Morgan fingerprint density at radius 3 is 2.88 bits per heavy atom. The zero-order chi connectivity index (χ0) is 17.2. The first-order valence-corrected chi connectivity index (χ1v) is 7.86. The monoisotopic (exact) mass is 327 g/mol. The fraction of sp³-hybridized carbons (Fsp3) is 0.316. The Morgan fingerprint density at radius 1 is 1.33 bits per heavy atom. The van der Waals surface area contributed by atoms with Gasteiger partial charge in [0.15, 0.2) is 0 Å². The highest BCUT2D eigenvalue weighted by Gasteiger charge is 2.37. The minimum Gasteiger partial charge on any atom is -0.496 e. The van der Waals surface area contributed by atoms with Gasteiger partial charge in [0.2, 0.25) is 0 Å². The van der Waals surface area contributed by atoms with E-state index in [4.69, 9.17) is 9.47 Å². The lowest BCUT2D eigenvalue weighted by atomic mass is 9.89. The number of fused-ring (bicyclic) bond motifs is 1. The van der Waals surface area contributed by atoms with Crippen molar-refractivity contribution in [2.45, 2.75) is 18.9 Å². The predicted octanol–water partition coefficient (Wildman–Crippen LogP) is 2.10. The quantitative estimate of drug-likeness (QED) is 0.902. The van der Waals surface area contributed by atoms with Gasteiger partial charge in [-0.3, -0.25) is 4.79 Å². The van der Waals surface area contributed by atoms with Gasteiger partial charge in [-0.1, -0.05) is 24.3 Å². The molecule has 0 spiro atoms. The zero-order valence-corrected chi connectivity index (χ0v) is 13.8. The normalized spacial score (nSPS) is 19.1. The standard InChI is InChI=1S/C19H21NO4/c1-13-7-8-14(9-17(13)23-2)18(22)20-19(11-21)10-15-5-3-4-6-16(15)24-12-19/h3-9,21H,10-12H2,1-2H3,(H,20,22). The van der Waals surface area contributed by atoms with E-state index in [0.29, 0.717) is 17.7 Å². The van der Waals surface area contributed by atoms with E-state index >= 15 is 0 Å². The number of carbonyl (C=O) groups excluding carboxylic acids is 1. The highest BCUT2D eigenvalue weighted by atomic mass is 16.5. The van der Waals surface area contributed by atoms with Crippen LogP contribution in [0.1, 0.15) is 21.5 Å². The van der Waals surface area contributed by atoms with Crippen molar-refractivity contribution in [3.05, 3.63) is 59.2 Å². The fourth-order valence-corrected chi connectivity index (χ4v) is 2.92. The molecule has 5 nitrogen and oxygen atoms in total. The lowest BCUT2D eigenvalue weighted by Crippen LogP contribution is -2.58. The number of benzene rings is 2. The number of rotatable bonds is 4. The Kier molecular flexibility index (Phi) is 4.44. The lowest BCUT2D eigenvalue weighted by Gasteiger charge is -2.37. The molecule has 1 aliphatic heterocycles. The molecule has 1 heterocycles. The van der Waals surface area contributed by atoms with Crippen molar-refractivity contribution in [2.75, 3.05) is 20.3 Å². The molecule has 2 N–H and O–H groups in total. The topological polar surface area (TPSA) is 67.8 Å². The SMILES string of the molecule is COc1cc(C(=O)NC2(CO)COc3ccccc3C2)ccc1C. The number of ether oxygens (including phenoxy) is 2. The van der Waals surface area contributed by atoms with Gasteiger partial charge in [0.05, 0.1) is 13.7 Å². The van der Waals surface area contributed by atoms with Crippen molar-refractivity contribution in [3.8, 4) is 11.5 Å². The van der Waals surface area contributed by atoms with Crippen LogP contribution in [0.2, 0.25) is 0 Å². The molecule has 2 aromatic rings. The van der Waals surface area contributed by atoms with E-state index in [1.807, 2.05) is 37.3 Å². The second kappa shape index (κ2) is 6.53. The molecular weight excluding hydrogens is 306 g/mol. The summed E-state index contributed by atoms with van der Waals surface area (Å²) in [5.74, 6) is 1.20. The molecular formula is C19H21NO4. The Hall–Kier alpha value is -2.53. The first kappa shape index (κ1) is 16.3. The molecule has 0 saturated carbocycles. The van der Waals surface area contributed by atoms with E-state index < -0.39 is 5.54 Å². The van der Waals surface area contributed by atoms with Gasteiger partial charge >= 0.3 is 0 Å². The largest absolute Gasteiger partial charge is 0.496 e. The Bertz CT molecular complexity index is 759. The maximum absolute atomic E-state index is 12.6. The smallest absolute Gasteiger partial charge is 0.252 e. The number of hydrogen-bond donors (Lipinski definition) is 2. The van der Waals surface area contributed by atoms with Crippen molar-refractivity contribution >= 4 is 5.91 Å². The van der Waals surface area contributed by atoms with Crippen LogP contribution in [-0.4, -0.2) is 36.9 Å². The molecule has 1 amide bonds. The van der Waals surface area contributed by atoms with Crippen LogP contribution in [0, 0.1) is 6.92 Å². The van der Waals surface area contributed by atoms with E-state index in [1.54, 1.807) is 19.2 Å². The number of carbonyl (C=O) groups is 1. The highest BCUT2D eigenvalue weighted by Crippen LogP contribution is 2.29. The van der Waals surface area contributed by atoms with E-state index in [1.165, 1.54) is 0 Å². The number of methoxy groups -OCH3 is 1. The molecule has 5 heteroatoms. The number of amides is 1. The molecule has 0 aliphatic carbocycles. The van der Waals surface area contributed by atoms with E-state index in [-0.39, 0.29) is 19.1 Å². The Morgan fingerprint density at radius 2 is 2.12 bits per heavy atom. The van der Waals surface area contributed by atoms with Crippen LogP contribution in [0.4, 0.5) is 0 Å². The summed E-state index contributed by atoms with van der Waals surface area (Å²) in [5.41, 5.74) is 1.59. The van der Waals surface area contributed by atoms with Crippen LogP contribution in [-0.2, 0) is 6.42 Å². The first-order chi connectivity index (χ1) is 11.6. The molecule has 0 bridgehead atoms. The summed E-state index contributed by atoms with van der Waals surface area (Å²) in [4.78, 5) is 12.6. The number of para-hydroxylation sites is 1. The van der Waals surface area contributed by atoms with Crippen molar-refractivity contribution in [1.82, 2.24) is 5.32 Å². The van der Waals surface area contributed by atoms with Gasteiger partial charge in [0.1, 0.15) is 23.6 Å². The van der Waals surface area contributed by atoms with Gasteiger partial charge < -0.3 is 19.9 Å². The molecule has 126 valence electrons.